The number of hydrogen-bond donors (Lipinski definition) is 2. The second-order valence-electron chi connectivity index (χ2n) is 4.76. The van der Waals surface area contributed by atoms with Crippen molar-refractivity contribution >= 4 is 10.0 Å². The molecule has 0 amide bonds. The van der Waals surface area contributed by atoms with Gasteiger partial charge in [-0.3, -0.25) is 0 Å². The molecule has 106 valence electrons. The molecule has 1 fully saturated rings. The fourth-order valence-corrected chi connectivity index (χ4v) is 3.51. The third-order valence-corrected chi connectivity index (χ3v) is 4.89. The quantitative estimate of drug-likeness (QED) is 0.825. The van der Waals surface area contributed by atoms with Gasteiger partial charge in [0.15, 0.2) is 0 Å². The smallest absolute Gasteiger partial charge is 0.244 e. The highest BCUT2D eigenvalue weighted by molar-refractivity contribution is 7.89. The van der Waals surface area contributed by atoms with Crippen LogP contribution < -0.4 is 14.8 Å². The van der Waals surface area contributed by atoms with Crippen molar-refractivity contribution in [1.82, 2.24) is 10.0 Å². The van der Waals surface area contributed by atoms with Gasteiger partial charge in [0.1, 0.15) is 10.6 Å². The Hall–Kier alpha value is -1.11. The number of hydrogen-bond acceptors (Lipinski definition) is 4. The molecule has 0 spiro atoms. The van der Waals surface area contributed by atoms with Gasteiger partial charge in [-0.2, -0.15) is 0 Å². The topological polar surface area (TPSA) is 67.4 Å². The van der Waals surface area contributed by atoms with E-state index in [0.29, 0.717) is 12.3 Å². The Morgan fingerprint density at radius 2 is 2.11 bits per heavy atom. The van der Waals surface area contributed by atoms with Gasteiger partial charge in [0.25, 0.3) is 0 Å². The maximum Gasteiger partial charge on any atom is 0.244 e. The van der Waals surface area contributed by atoms with Gasteiger partial charge in [0.05, 0.1) is 7.11 Å². The van der Waals surface area contributed by atoms with Gasteiger partial charge in [-0.05, 0) is 37.6 Å². The fraction of sp³-hybridized carbons (Fsp3) is 0.538. The third kappa shape index (κ3) is 3.26. The van der Waals surface area contributed by atoms with Crippen LogP contribution in [0.25, 0.3) is 0 Å². The minimum atomic E-state index is -3.49. The van der Waals surface area contributed by atoms with Crippen LogP contribution in [0.15, 0.2) is 23.1 Å². The molecule has 2 N–H and O–H groups in total. The largest absolute Gasteiger partial charge is 0.495 e. The monoisotopic (exact) mass is 284 g/mol. The van der Waals surface area contributed by atoms with Crippen LogP contribution in [0, 0.1) is 0 Å². The fourth-order valence-electron chi connectivity index (χ4n) is 2.06. The van der Waals surface area contributed by atoms with E-state index in [9.17, 15) is 8.42 Å². The molecule has 0 atom stereocenters. The molecular formula is C13H20N2O3S. The molecule has 1 aromatic carbocycles. The average molecular weight is 284 g/mol. The molecular weight excluding hydrogens is 264 g/mol. The molecule has 0 aliphatic heterocycles. The highest BCUT2D eigenvalue weighted by atomic mass is 32.2. The summed E-state index contributed by atoms with van der Waals surface area (Å²) >= 11 is 0. The number of methoxy groups -OCH3 is 1. The molecule has 6 heteroatoms. The summed E-state index contributed by atoms with van der Waals surface area (Å²) in [7, 11) is -0.161. The lowest BCUT2D eigenvalue weighted by molar-refractivity contribution is 0.379. The molecule has 0 bridgehead atoms. The highest BCUT2D eigenvalue weighted by Gasteiger charge is 2.26. The van der Waals surface area contributed by atoms with Crippen molar-refractivity contribution in [3.05, 3.63) is 23.8 Å². The molecule has 0 radical (unpaired) electrons. The zero-order chi connectivity index (χ0) is 13.9. The van der Waals surface area contributed by atoms with E-state index in [-0.39, 0.29) is 10.9 Å². The van der Waals surface area contributed by atoms with Gasteiger partial charge in [0, 0.05) is 12.6 Å². The van der Waals surface area contributed by atoms with E-state index in [1.165, 1.54) is 7.11 Å². The molecule has 1 aromatic rings. The standard InChI is InChI=1S/C13H20N2O3S/c1-14-9-10-6-7-13(12(8-10)18-2)19(16,17)15-11-4-3-5-11/h6-8,11,14-15H,3-5,9H2,1-2H3. The van der Waals surface area contributed by atoms with Crippen LogP contribution in [0.4, 0.5) is 0 Å². The van der Waals surface area contributed by atoms with Gasteiger partial charge < -0.3 is 10.1 Å². The average Bonchev–Trinajstić information content (AvgIpc) is 2.34. The van der Waals surface area contributed by atoms with E-state index in [1.54, 1.807) is 18.2 Å². The van der Waals surface area contributed by atoms with Crippen molar-refractivity contribution in [2.75, 3.05) is 14.2 Å². The SMILES string of the molecule is CNCc1ccc(S(=O)(=O)NC2CCC2)c(OC)c1. The van der Waals surface area contributed by atoms with E-state index in [0.717, 1.165) is 24.8 Å². The van der Waals surface area contributed by atoms with Gasteiger partial charge in [-0.15, -0.1) is 0 Å². The molecule has 1 aliphatic carbocycles. The van der Waals surface area contributed by atoms with Crippen molar-refractivity contribution in [2.45, 2.75) is 36.7 Å². The zero-order valence-corrected chi connectivity index (χ0v) is 12.1. The molecule has 19 heavy (non-hydrogen) atoms. The molecule has 0 aromatic heterocycles. The van der Waals surface area contributed by atoms with E-state index in [1.807, 2.05) is 7.05 Å². The molecule has 5 nitrogen and oxygen atoms in total. The summed E-state index contributed by atoms with van der Waals surface area (Å²) in [6.45, 7) is 0.673. The van der Waals surface area contributed by atoms with Crippen molar-refractivity contribution in [3.8, 4) is 5.75 Å². The lowest BCUT2D eigenvalue weighted by Crippen LogP contribution is -2.39. The summed E-state index contributed by atoms with van der Waals surface area (Å²) in [4.78, 5) is 0.210. The molecule has 1 aliphatic rings. The number of nitrogens with one attached hydrogen (secondary N) is 2. The van der Waals surface area contributed by atoms with E-state index >= 15 is 0 Å². The number of rotatable bonds is 6. The van der Waals surface area contributed by atoms with Crippen LogP contribution in [-0.4, -0.2) is 28.6 Å². The van der Waals surface area contributed by atoms with E-state index < -0.39 is 10.0 Å². The van der Waals surface area contributed by atoms with Crippen LogP contribution in [0.2, 0.25) is 0 Å². The number of ether oxygens (including phenoxy) is 1. The number of benzene rings is 1. The van der Waals surface area contributed by atoms with E-state index in [4.69, 9.17) is 4.74 Å². The van der Waals surface area contributed by atoms with Crippen molar-refractivity contribution in [2.24, 2.45) is 0 Å². The lowest BCUT2D eigenvalue weighted by atomic mass is 9.94. The summed E-state index contributed by atoms with van der Waals surface area (Å²) in [6.07, 6.45) is 2.92. The summed E-state index contributed by atoms with van der Waals surface area (Å²) in [6, 6.07) is 5.24. The Labute approximate surface area is 114 Å². The molecule has 0 saturated heterocycles. The maximum absolute atomic E-state index is 12.3. The highest BCUT2D eigenvalue weighted by Crippen LogP contribution is 2.27. The molecule has 0 unspecified atom stereocenters. The molecule has 1 saturated carbocycles. The van der Waals surface area contributed by atoms with Gasteiger partial charge >= 0.3 is 0 Å². The van der Waals surface area contributed by atoms with Crippen LogP contribution in [-0.2, 0) is 16.6 Å². The summed E-state index contributed by atoms with van der Waals surface area (Å²) < 4.78 is 32.5. The first-order chi connectivity index (χ1) is 9.06. The Balaban J connectivity index is 2.26. The van der Waals surface area contributed by atoms with Crippen LogP contribution >= 0.6 is 0 Å². The third-order valence-electron chi connectivity index (χ3n) is 3.33. The Morgan fingerprint density at radius 3 is 2.63 bits per heavy atom. The predicted octanol–water partition coefficient (Wildman–Crippen LogP) is 1.25. The second kappa shape index (κ2) is 5.90. The second-order valence-corrected chi connectivity index (χ2v) is 6.45. The van der Waals surface area contributed by atoms with Crippen molar-refractivity contribution < 1.29 is 13.2 Å². The minimum absolute atomic E-state index is 0.0756. The minimum Gasteiger partial charge on any atom is -0.495 e. The van der Waals surface area contributed by atoms with Crippen LogP contribution in [0.1, 0.15) is 24.8 Å². The predicted molar refractivity (Wildman–Crippen MR) is 73.7 cm³/mol. The Morgan fingerprint density at radius 1 is 1.37 bits per heavy atom. The van der Waals surface area contributed by atoms with Crippen molar-refractivity contribution in [1.29, 1.82) is 0 Å². The van der Waals surface area contributed by atoms with Gasteiger partial charge in [-0.25, -0.2) is 13.1 Å². The Kier molecular flexibility index (Phi) is 4.44. The summed E-state index contributed by atoms with van der Waals surface area (Å²) in [5, 5.41) is 3.02. The summed E-state index contributed by atoms with van der Waals surface area (Å²) in [5.41, 5.74) is 0.988. The van der Waals surface area contributed by atoms with Gasteiger partial charge in [-0.1, -0.05) is 12.5 Å². The number of sulfonamides is 1. The normalized spacial score (nSPS) is 16.1. The lowest BCUT2D eigenvalue weighted by Gasteiger charge is -2.26. The first-order valence-electron chi connectivity index (χ1n) is 6.40. The molecule has 0 heterocycles. The first kappa shape index (κ1) is 14.3. The zero-order valence-electron chi connectivity index (χ0n) is 11.3. The van der Waals surface area contributed by atoms with Crippen LogP contribution in [0.5, 0.6) is 5.75 Å². The maximum atomic E-state index is 12.3. The Bertz CT molecular complexity index is 539. The van der Waals surface area contributed by atoms with Gasteiger partial charge in [0.2, 0.25) is 10.0 Å². The molecule has 2 rings (SSSR count). The van der Waals surface area contributed by atoms with E-state index in [2.05, 4.69) is 10.0 Å². The first-order valence-corrected chi connectivity index (χ1v) is 7.89. The summed E-state index contributed by atoms with van der Waals surface area (Å²) in [5.74, 6) is 0.388. The van der Waals surface area contributed by atoms with Crippen molar-refractivity contribution in [3.63, 3.8) is 0 Å². The van der Waals surface area contributed by atoms with Crippen LogP contribution in [0.3, 0.4) is 0 Å².